The van der Waals surface area contributed by atoms with Crippen LogP contribution in [-0.2, 0) is 16.1 Å². The van der Waals surface area contributed by atoms with Gasteiger partial charge in [0.25, 0.3) is 5.56 Å². The van der Waals surface area contributed by atoms with E-state index in [0.29, 0.717) is 52.7 Å². The summed E-state index contributed by atoms with van der Waals surface area (Å²) in [4.78, 5) is 42.8. The number of aryl methyl sites for hydroxylation is 3. The van der Waals surface area contributed by atoms with Gasteiger partial charge in [0.1, 0.15) is 11.6 Å². The Kier molecular flexibility index (Phi) is 9.42. The number of aromatic nitrogens is 2. The Bertz CT molecular complexity index is 1660. The monoisotopic (exact) mass is 568 g/mol. The molecule has 9 heteroatoms. The molecule has 0 unspecified atom stereocenters. The minimum atomic E-state index is -0.406. The van der Waals surface area contributed by atoms with Crippen LogP contribution in [0, 0.1) is 20.8 Å². The maximum atomic E-state index is 13.8. The van der Waals surface area contributed by atoms with Crippen LogP contribution in [-0.4, -0.2) is 35.8 Å². The number of anilines is 2. The van der Waals surface area contributed by atoms with Gasteiger partial charge in [-0.2, -0.15) is 0 Å². The summed E-state index contributed by atoms with van der Waals surface area (Å²) in [6, 6.07) is 20.2. The predicted octanol–water partition coefficient (Wildman–Crippen LogP) is 6.20. The normalized spacial score (nSPS) is 11.5. The predicted molar refractivity (Wildman–Crippen MR) is 164 cm³/mol. The number of carbonyl (C=O) groups is 2. The van der Waals surface area contributed by atoms with Gasteiger partial charge in [0.2, 0.25) is 0 Å². The molecule has 0 bridgehead atoms. The molecular formula is C33H36N4O5. The second-order valence-corrected chi connectivity index (χ2v) is 10.2. The molecule has 218 valence electrons. The first kappa shape index (κ1) is 30.0. The van der Waals surface area contributed by atoms with Crippen molar-refractivity contribution >= 4 is 23.4 Å². The van der Waals surface area contributed by atoms with E-state index in [4.69, 9.17) is 9.47 Å². The summed E-state index contributed by atoms with van der Waals surface area (Å²) in [5.41, 5.74) is 5.57. The van der Waals surface area contributed by atoms with Gasteiger partial charge in [-0.25, -0.2) is 9.78 Å². The lowest BCUT2D eigenvalue weighted by atomic mass is 9.97. The molecule has 0 aliphatic rings. The minimum absolute atomic E-state index is 0.0181. The zero-order valence-electron chi connectivity index (χ0n) is 24.8. The summed E-state index contributed by atoms with van der Waals surface area (Å²) >= 11 is 0. The highest BCUT2D eigenvalue weighted by atomic mass is 16.5. The molecule has 0 saturated carbocycles. The Hall–Kier alpha value is -4.92. The first-order chi connectivity index (χ1) is 20.1. The van der Waals surface area contributed by atoms with E-state index in [0.717, 1.165) is 16.7 Å². The fourth-order valence-electron chi connectivity index (χ4n) is 4.84. The Morgan fingerprint density at radius 3 is 2.29 bits per heavy atom. The standard InChI is InChI=1S/C33H36N4O5/c1-20-9-7-8-10-27(20)35-33(40)36-28-16-15-26(18-29(28)41-5)31-22(3)34-23(4)37(32(31)39)19-24-11-13-25(14-12-24)21(2)17-30(38)42-6/h7-16,18,21H,17,19H2,1-6H3,(H2,35,36,40)/t21-/m1/s1. The van der Waals surface area contributed by atoms with E-state index in [2.05, 4.69) is 15.6 Å². The highest BCUT2D eigenvalue weighted by Gasteiger charge is 2.18. The summed E-state index contributed by atoms with van der Waals surface area (Å²) in [7, 11) is 2.90. The zero-order chi connectivity index (χ0) is 30.4. The second kappa shape index (κ2) is 13.2. The Morgan fingerprint density at radius 1 is 0.929 bits per heavy atom. The number of benzene rings is 3. The molecule has 0 spiro atoms. The molecule has 1 atom stereocenters. The molecule has 3 aromatic carbocycles. The molecular weight excluding hydrogens is 532 g/mol. The maximum absolute atomic E-state index is 13.8. The van der Waals surface area contributed by atoms with E-state index in [-0.39, 0.29) is 17.4 Å². The van der Waals surface area contributed by atoms with E-state index in [1.807, 2.05) is 69.3 Å². The van der Waals surface area contributed by atoms with Gasteiger partial charge in [-0.1, -0.05) is 55.5 Å². The fourth-order valence-corrected chi connectivity index (χ4v) is 4.84. The molecule has 42 heavy (non-hydrogen) atoms. The number of rotatable bonds is 9. The molecule has 0 aliphatic heterocycles. The molecule has 4 aromatic rings. The number of hydrogen-bond donors (Lipinski definition) is 2. The summed E-state index contributed by atoms with van der Waals surface area (Å²) in [6.45, 7) is 7.85. The van der Waals surface area contributed by atoms with Crippen molar-refractivity contribution in [3.63, 3.8) is 0 Å². The second-order valence-electron chi connectivity index (χ2n) is 10.2. The van der Waals surface area contributed by atoms with Gasteiger partial charge in [-0.3, -0.25) is 14.2 Å². The number of amides is 2. The number of urea groups is 1. The third-order valence-electron chi connectivity index (χ3n) is 7.26. The zero-order valence-corrected chi connectivity index (χ0v) is 24.8. The number of nitrogens with zero attached hydrogens (tertiary/aromatic N) is 2. The molecule has 0 saturated heterocycles. The number of methoxy groups -OCH3 is 2. The summed E-state index contributed by atoms with van der Waals surface area (Å²) < 4.78 is 12.0. The molecule has 1 heterocycles. The van der Waals surface area contributed by atoms with Crippen LogP contribution in [0.4, 0.5) is 16.2 Å². The molecule has 2 N–H and O–H groups in total. The average molecular weight is 569 g/mol. The lowest BCUT2D eigenvalue weighted by Gasteiger charge is -2.17. The van der Waals surface area contributed by atoms with Crippen molar-refractivity contribution in [3.8, 4) is 16.9 Å². The Labute approximate surface area is 245 Å². The van der Waals surface area contributed by atoms with Crippen LogP contribution < -0.4 is 20.9 Å². The molecule has 2 amide bonds. The van der Waals surface area contributed by atoms with Crippen molar-refractivity contribution in [1.82, 2.24) is 9.55 Å². The van der Waals surface area contributed by atoms with Crippen LogP contribution in [0.2, 0.25) is 0 Å². The Morgan fingerprint density at radius 2 is 1.62 bits per heavy atom. The van der Waals surface area contributed by atoms with Crippen LogP contribution >= 0.6 is 0 Å². The van der Waals surface area contributed by atoms with Crippen LogP contribution in [0.25, 0.3) is 11.1 Å². The number of esters is 1. The third kappa shape index (κ3) is 6.86. The number of para-hydroxylation sites is 1. The molecule has 1 aromatic heterocycles. The first-order valence-corrected chi connectivity index (χ1v) is 13.7. The number of hydrogen-bond acceptors (Lipinski definition) is 6. The third-order valence-corrected chi connectivity index (χ3v) is 7.26. The number of ether oxygens (including phenoxy) is 2. The minimum Gasteiger partial charge on any atom is -0.495 e. The van der Waals surface area contributed by atoms with Gasteiger partial charge >= 0.3 is 12.0 Å². The van der Waals surface area contributed by atoms with Crippen molar-refractivity contribution in [2.75, 3.05) is 24.9 Å². The topological polar surface area (TPSA) is 112 Å². The highest BCUT2D eigenvalue weighted by molar-refractivity contribution is 6.01. The SMILES string of the molecule is COC(=O)C[C@@H](C)c1ccc(Cn2c(C)nc(C)c(-c3ccc(NC(=O)Nc4ccccc4C)c(OC)c3)c2=O)cc1. The Balaban J connectivity index is 1.58. The molecule has 0 fully saturated rings. The molecule has 0 aliphatic carbocycles. The molecule has 0 radical (unpaired) electrons. The summed E-state index contributed by atoms with van der Waals surface area (Å²) in [5.74, 6) is 0.778. The van der Waals surface area contributed by atoms with Gasteiger partial charge in [0, 0.05) is 5.69 Å². The summed E-state index contributed by atoms with van der Waals surface area (Å²) in [5, 5.41) is 5.67. The van der Waals surface area contributed by atoms with Crippen molar-refractivity contribution in [1.29, 1.82) is 0 Å². The van der Waals surface area contributed by atoms with Crippen molar-refractivity contribution in [2.45, 2.75) is 46.6 Å². The van der Waals surface area contributed by atoms with Gasteiger partial charge in [0.05, 0.1) is 44.1 Å². The number of nitrogens with one attached hydrogen (secondary N) is 2. The van der Waals surface area contributed by atoms with Crippen molar-refractivity contribution < 1.29 is 19.1 Å². The number of carbonyl (C=O) groups excluding carboxylic acids is 2. The lowest BCUT2D eigenvalue weighted by Crippen LogP contribution is -2.27. The van der Waals surface area contributed by atoms with Gasteiger partial charge in [0.15, 0.2) is 0 Å². The largest absolute Gasteiger partial charge is 0.495 e. The maximum Gasteiger partial charge on any atom is 0.323 e. The van der Waals surface area contributed by atoms with E-state index >= 15 is 0 Å². The van der Waals surface area contributed by atoms with Crippen LogP contribution in [0.5, 0.6) is 5.75 Å². The average Bonchev–Trinajstić information content (AvgIpc) is 2.97. The molecule has 4 rings (SSSR count). The molecule has 9 nitrogen and oxygen atoms in total. The van der Waals surface area contributed by atoms with Crippen LogP contribution in [0.15, 0.2) is 71.5 Å². The van der Waals surface area contributed by atoms with E-state index < -0.39 is 6.03 Å². The van der Waals surface area contributed by atoms with Crippen molar-refractivity contribution in [3.05, 3.63) is 105 Å². The van der Waals surface area contributed by atoms with E-state index in [9.17, 15) is 14.4 Å². The first-order valence-electron chi connectivity index (χ1n) is 13.7. The van der Waals surface area contributed by atoms with Gasteiger partial charge in [-0.05, 0) is 67.1 Å². The van der Waals surface area contributed by atoms with Crippen LogP contribution in [0.3, 0.4) is 0 Å². The van der Waals surface area contributed by atoms with Gasteiger partial charge < -0.3 is 20.1 Å². The lowest BCUT2D eigenvalue weighted by molar-refractivity contribution is -0.140. The smallest absolute Gasteiger partial charge is 0.323 e. The fraction of sp³-hybridized carbons (Fsp3) is 0.273. The van der Waals surface area contributed by atoms with Crippen LogP contribution in [0.1, 0.15) is 47.5 Å². The van der Waals surface area contributed by atoms with E-state index in [1.54, 1.807) is 29.7 Å². The van der Waals surface area contributed by atoms with Crippen molar-refractivity contribution in [2.24, 2.45) is 0 Å². The quantitative estimate of drug-likeness (QED) is 0.233. The van der Waals surface area contributed by atoms with E-state index in [1.165, 1.54) is 14.2 Å². The highest BCUT2D eigenvalue weighted by Crippen LogP contribution is 2.31. The summed E-state index contributed by atoms with van der Waals surface area (Å²) in [6.07, 6.45) is 0.300. The van der Waals surface area contributed by atoms with Gasteiger partial charge in [-0.15, -0.1) is 0 Å².